The van der Waals surface area contributed by atoms with Crippen molar-refractivity contribution in [2.24, 2.45) is 17.6 Å². The second-order valence-corrected chi connectivity index (χ2v) is 7.46. The summed E-state index contributed by atoms with van der Waals surface area (Å²) >= 11 is 0. The molecule has 1 amide bonds. The fourth-order valence-electron chi connectivity index (χ4n) is 2.85. The number of amides is 1. The van der Waals surface area contributed by atoms with Crippen molar-refractivity contribution in [3.63, 3.8) is 0 Å². The Labute approximate surface area is 151 Å². The highest BCUT2D eigenvalue weighted by molar-refractivity contribution is 5.89. The molecule has 0 saturated carbocycles. The highest BCUT2D eigenvalue weighted by atomic mass is 16.3. The SMILES string of the molecule is CC(C)C[C@H](CC(=O)[C@@H](O)[C@H](N)Cc1ccccc1)C(=O)NC(C)C. The molecule has 0 radical (unpaired) electrons. The van der Waals surface area contributed by atoms with E-state index in [1.54, 1.807) is 0 Å². The van der Waals surface area contributed by atoms with Crippen LogP contribution in [0.25, 0.3) is 0 Å². The van der Waals surface area contributed by atoms with Gasteiger partial charge in [0.25, 0.3) is 0 Å². The zero-order chi connectivity index (χ0) is 19.0. The van der Waals surface area contributed by atoms with Gasteiger partial charge in [0.15, 0.2) is 5.78 Å². The summed E-state index contributed by atoms with van der Waals surface area (Å²) < 4.78 is 0. The molecule has 3 atom stereocenters. The average molecular weight is 348 g/mol. The predicted octanol–water partition coefficient (Wildman–Crippen LogP) is 2.06. The number of carbonyl (C=O) groups excluding carboxylic acids is 2. The molecule has 1 aromatic rings. The van der Waals surface area contributed by atoms with E-state index in [2.05, 4.69) is 5.32 Å². The lowest BCUT2D eigenvalue weighted by Gasteiger charge is -2.23. The van der Waals surface area contributed by atoms with Gasteiger partial charge in [-0.3, -0.25) is 9.59 Å². The fraction of sp³-hybridized carbons (Fsp3) is 0.600. The van der Waals surface area contributed by atoms with Crippen LogP contribution in [0.4, 0.5) is 0 Å². The molecular formula is C20H32N2O3. The second-order valence-electron chi connectivity index (χ2n) is 7.46. The van der Waals surface area contributed by atoms with Crippen LogP contribution in [0.2, 0.25) is 0 Å². The third kappa shape index (κ3) is 7.80. The van der Waals surface area contributed by atoms with E-state index < -0.39 is 18.1 Å². The summed E-state index contributed by atoms with van der Waals surface area (Å²) in [6.07, 6.45) is -0.228. The van der Waals surface area contributed by atoms with Crippen LogP contribution in [0.1, 0.15) is 46.1 Å². The van der Waals surface area contributed by atoms with Crippen molar-refractivity contribution >= 4 is 11.7 Å². The standard InChI is InChI=1S/C20H32N2O3/c1-13(2)10-16(20(25)22-14(3)4)12-18(23)19(24)17(21)11-15-8-6-5-7-9-15/h5-9,13-14,16-17,19,24H,10-12,21H2,1-4H3,(H,22,25)/t16-,17-,19+/m1/s1. The number of nitrogens with two attached hydrogens (primary N) is 1. The molecule has 140 valence electrons. The van der Waals surface area contributed by atoms with E-state index in [1.807, 2.05) is 58.0 Å². The van der Waals surface area contributed by atoms with Gasteiger partial charge in [-0.25, -0.2) is 0 Å². The Morgan fingerprint density at radius 2 is 1.72 bits per heavy atom. The third-order valence-electron chi connectivity index (χ3n) is 4.05. The number of aliphatic hydroxyl groups excluding tert-OH is 1. The van der Waals surface area contributed by atoms with E-state index in [9.17, 15) is 14.7 Å². The average Bonchev–Trinajstić information content (AvgIpc) is 2.53. The quantitative estimate of drug-likeness (QED) is 0.603. The van der Waals surface area contributed by atoms with Crippen LogP contribution >= 0.6 is 0 Å². The van der Waals surface area contributed by atoms with Crippen LogP contribution < -0.4 is 11.1 Å². The Hall–Kier alpha value is -1.72. The fourth-order valence-corrected chi connectivity index (χ4v) is 2.85. The molecule has 5 nitrogen and oxygen atoms in total. The third-order valence-corrected chi connectivity index (χ3v) is 4.05. The maximum Gasteiger partial charge on any atom is 0.223 e. The minimum Gasteiger partial charge on any atom is -0.384 e. The number of hydrogen-bond acceptors (Lipinski definition) is 4. The molecule has 0 bridgehead atoms. The largest absolute Gasteiger partial charge is 0.384 e. The molecule has 5 heteroatoms. The lowest BCUT2D eigenvalue weighted by molar-refractivity contribution is -0.134. The highest BCUT2D eigenvalue weighted by Gasteiger charge is 2.29. The minimum absolute atomic E-state index is 0.0143. The Morgan fingerprint density at radius 3 is 2.24 bits per heavy atom. The summed E-state index contributed by atoms with van der Waals surface area (Å²) in [6.45, 7) is 7.79. The number of hydrogen-bond donors (Lipinski definition) is 3. The molecule has 0 spiro atoms. The van der Waals surface area contributed by atoms with Crippen molar-refractivity contribution < 1.29 is 14.7 Å². The first-order valence-corrected chi connectivity index (χ1v) is 9.01. The van der Waals surface area contributed by atoms with Crippen LogP contribution in [-0.2, 0) is 16.0 Å². The number of carbonyl (C=O) groups is 2. The van der Waals surface area contributed by atoms with Crippen molar-refractivity contribution in [1.82, 2.24) is 5.32 Å². The van der Waals surface area contributed by atoms with E-state index in [4.69, 9.17) is 5.73 Å². The maximum atomic E-state index is 12.4. The zero-order valence-electron chi connectivity index (χ0n) is 15.7. The molecule has 0 saturated heterocycles. The van der Waals surface area contributed by atoms with Gasteiger partial charge in [-0.1, -0.05) is 44.2 Å². The van der Waals surface area contributed by atoms with Gasteiger partial charge in [0.05, 0.1) is 0 Å². The lowest BCUT2D eigenvalue weighted by Crippen LogP contribution is -2.44. The monoisotopic (exact) mass is 348 g/mol. The summed E-state index contributed by atoms with van der Waals surface area (Å²) in [5, 5.41) is 13.1. The van der Waals surface area contributed by atoms with E-state index >= 15 is 0 Å². The van der Waals surface area contributed by atoms with Gasteiger partial charge in [0.1, 0.15) is 6.10 Å². The van der Waals surface area contributed by atoms with Crippen molar-refractivity contribution in [2.75, 3.05) is 0 Å². The van der Waals surface area contributed by atoms with Crippen LogP contribution in [0.3, 0.4) is 0 Å². The first-order valence-electron chi connectivity index (χ1n) is 9.01. The van der Waals surface area contributed by atoms with Gasteiger partial charge in [-0.05, 0) is 38.2 Å². The molecule has 0 aliphatic heterocycles. The molecule has 0 aromatic heterocycles. The Balaban J connectivity index is 2.68. The molecule has 0 unspecified atom stereocenters. The van der Waals surface area contributed by atoms with Crippen molar-refractivity contribution in [3.8, 4) is 0 Å². The van der Waals surface area contributed by atoms with Gasteiger partial charge in [0, 0.05) is 24.4 Å². The van der Waals surface area contributed by atoms with Gasteiger partial charge in [-0.15, -0.1) is 0 Å². The molecule has 1 rings (SSSR count). The predicted molar refractivity (Wildman–Crippen MR) is 100.0 cm³/mol. The first kappa shape index (κ1) is 21.3. The number of rotatable bonds is 10. The van der Waals surface area contributed by atoms with Crippen LogP contribution in [0, 0.1) is 11.8 Å². The van der Waals surface area contributed by atoms with Crippen molar-refractivity contribution in [3.05, 3.63) is 35.9 Å². The number of ketones is 1. The molecular weight excluding hydrogens is 316 g/mol. The smallest absolute Gasteiger partial charge is 0.223 e. The summed E-state index contributed by atoms with van der Waals surface area (Å²) in [6, 6.07) is 8.85. The highest BCUT2D eigenvalue weighted by Crippen LogP contribution is 2.18. The summed E-state index contributed by atoms with van der Waals surface area (Å²) in [4.78, 5) is 24.8. The summed E-state index contributed by atoms with van der Waals surface area (Å²) in [5.74, 6) is -0.659. The van der Waals surface area contributed by atoms with Gasteiger partial charge in [0.2, 0.25) is 5.91 Å². The van der Waals surface area contributed by atoms with Gasteiger partial charge >= 0.3 is 0 Å². The molecule has 25 heavy (non-hydrogen) atoms. The second kappa shape index (κ2) is 10.3. The Morgan fingerprint density at radius 1 is 1.12 bits per heavy atom. The Bertz CT molecular complexity index is 543. The van der Waals surface area contributed by atoms with Crippen molar-refractivity contribution in [1.29, 1.82) is 0 Å². The van der Waals surface area contributed by atoms with Gasteiger partial charge < -0.3 is 16.2 Å². The number of aliphatic hydroxyl groups is 1. The van der Waals surface area contributed by atoms with E-state index in [0.29, 0.717) is 12.8 Å². The van der Waals surface area contributed by atoms with Crippen LogP contribution in [-0.4, -0.2) is 35.0 Å². The Kier molecular flexibility index (Phi) is 8.79. The molecule has 1 aromatic carbocycles. The molecule has 0 aliphatic carbocycles. The van der Waals surface area contributed by atoms with E-state index in [0.717, 1.165) is 5.56 Å². The molecule has 0 aliphatic rings. The van der Waals surface area contributed by atoms with E-state index in [-0.39, 0.29) is 30.1 Å². The minimum atomic E-state index is -1.26. The van der Waals surface area contributed by atoms with Gasteiger partial charge in [-0.2, -0.15) is 0 Å². The number of nitrogens with one attached hydrogen (secondary N) is 1. The van der Waals surface area contributed by atoms with Crippen LogP contribution in [0.5, 0.6) is 0 Å². The maximum absolute atomic E-state index is 12.4. The first-order chi connectivity index (χ1) is 11.7. The zero-order valence-corrected chi connectivity index (χ0v) is 15.7. The summed E-state index contributed by atoms with van der Waals surface area (Å²) in [7, 11) is 0. The summed E-state index contributed by atoms with van der Waals surface area (Å²) in [5.41, 5.74) is 6.98. The van der Waals surface area contributed by atoms with Crippen molar-refractivity contribution in [2.45, 2.75) is 65.1 Å². The topological polar surface area (TPSA) is 92.4 Å². The molecule has 4 N–H and O–H groups in total. The molecule has 0 fully saturated rings. The van der Waals surface area contributed by atoms with E-state index in [1.165, 1.54) is 0 Å². The number of Topliss-reactive ketones (excluding diaryl/α,β-unsaturated/α-hetero) is 1. The normalized spacial score (nSPS) is 15.0. The number of benzene rings is 1. The van der Waals surface area contributed by atoms with Crippen LogP contribution in [0.15, 0.2) is 30.3 Å². The lowest BCUT2D eigenvalue weighted by atomic mass is 9.88. The molecule has 0 heterocycles.